The summed E-state index contributed by atoms with van der Waals surface area (Å²) in [6, 6.07) is 11.4. The van der Waals surface area contributed by atoms with Crippen molar-refractivity contribution in [3.8, 4) is 0 Å². The van der Waals surface area contributed by atoms with Gasteiger partial charge in [0.25, 0.3) is 5.91 Å². The summed E-state index contributed by atoms with van der Waals surface area (Å²) in [4.78, 5) is 36.8. The van der Waals surface area contributed by atoms with Crippen LogP contribution in [0.2, 0.25) is 0 Å². The SMILES string of the molecule is Cc1ccc(NC(=O)C[C@@H]2NC(=O)c3ccccc3NC2=O)cc1C. The highest BCUT2D eigenvalue weighted by molar-refractivity contribution is 6.11. The standard InChI is InChI=1S/C19H19N3O3/c1-11-7-8-13(9-12(11)2)20-17(23)10-16-19(25)21-15-6-4-3-5-14(15)18(24)22-16/h3-9,16H,10H2,1-2H3,(H,20,23)(H,21,25)(H,22,24)/t16-/m0/s1. The number of aryl methyl sites for hydroxylation is 2. The van der Waals surface area contributed by atoms with E-state index in [-0.39, 0.29) is 18.2 Å². The molecular weight excluding hydrogens is 318 g/mol. The average molecular weight is 337 g/mol. The van der Waals surface area contributed by atoms with Gasteiger partial charge in [-0.25, -0.2) is 0 Å². The molecule has 128 valence electrons. The number of benzene rings is 2. The Balaban J connectivity index is 1.70. The lowest BCUT2D eigenvalue weighted by molar-refractivity contribution is -0.122. The van der Waals surface area contributed by atoms with E-state index in [4.69, 9.17) is 0 Å². The van der Waals surface area contributed by atoms with E-state index in [9.17, 15) is 14.4 Å². The molecule has 2 aromatic rings. The van der Waals surface area contributed by atoms with Crippen molar-refractivity contribution in [1.82, 2.24) is 5.32 Å². The van der Waals surface area contributed by atoms with Gasteiger partial charge in [0.15, 0.2) is 0 Å². The molecule has 3 rings (SSSR count). The van der Waals surface area contributed by atoms with Gasteiger partial charge < -0.3 is 16.0 Å². The third-order valence-corrected chi connectivity index (χ3v) is 4.23. The Morgan fingerprint density at radius 2 is 1.84 bits per heavy atom. The fourth-order valence-corrected chi connectivity index (χ4v) is 2.67. The monoisotopic (exact) mass is 337 g/mol. The Labute approximate surface area is 145 Å². The lowest BCUT2D eigenvalue weighted by atomic mass is 10.1. The van der Waals surface area contributed by atoms with Crippen LogP contribution in [0.3, 0.4) is 0 Å². The molecule has 0 saturated carbocycles. The molecule has 1 heterocycles. The first-order valence-electron chi connectivity index (χ1n) is 8.02. The van der Waals surface area contributed by atoms with Gasteiger partial charge in [0.05, 0.1) is 17.7 Å². The maximum atomic E-state index is 12.3. The van der Waals surface area contributed by atoms with Crippen molar-refractivity contribution in [2.45, 2.75) is 26.3 Å². The molecule has 25 heavy (non-hydrogen) atoms. The second-order valence-electron chi connectivity index (χ2n) is 6.11. The van der Waals surface area contributed by atoms with Gasteiger partial charge in [-0.05, 0) is 49.2 Å². The lowest BCUT2D eigenvalue weighted by Gasteiger charge is -2.14. The van der Waals surface area contributed by atoms with Crippen LogP contribution in [0.5, 0.6) is 0 Å². The summed E-state index contributed by atoms with van der Waals surface area (Å²) in [7, 11) is 0. The normalized spacial score (nSPS) is 16.3. The number of hydrogen-bond acceptors (Lipinski definition) is 3. The first-order valence-corrected chi connectivity index (χ1v) is 8.02. The maximum absolute atomic E-state index is 12.3. The van der Waals surface area contributed by atoms with Crippen molar-refractivity contribution in [3.63, 3.8) is 0 Å². The Morgan fingerprint density at radius 3 is 2.60 bits per heavy atom. The van der Waals surface area contributed by atoms with Crippen LogP contribution in [0.1, 0.15) is 27.9 Å². The Hall–Kier alpha value is -3.15. The van der Waals surface area contributed by atoms with Crippen molar-refractivity contribution in [2.75, 3.05) is 10.6 Å². The number of nitrogens with one attached hydrogen (secondary N) is 3. The molecular formula is C19H19N3O3. The maximum Gasteiger partial charge on any atom is 0.254 e. The first-order chi connectivity index (χ1) is 11.9. The minimum atomic E-state index is -0.925. The number of para-hydroxylation sites is 1. The van der Waals surface area contributed by atoms with E-state index in [0.29, 0.717) is 16.9 Å². The van der Waals surface area contributed by atoms with Crippen molar-refractivity contribution in [1.29, 1.82) is 0 Å². The number of carbonyl (C=O) groups is 3. The second kappa shape index (κ2) is 6.76. The molecule has 0 radical (unpaired) electrons. The molecule has 1 aliphatic rings. The van der Waals surface area contributed by atoms with Crippen molar-refractivity contribution < 1.29 is 14.4 Å². The number of fused-ring (bicyclic) bond motifs is 1. The summed E-state index contributed by atoms with van der Waals surface area (Å²) in [5.74, 6) is -1.12. The highest BCUT2D eigenvalue weighted by Gasteiger charge is 2.29. The van der Waals surface area contributed by atoms with Gasteiger partial charge in [0, 0.05) is 5.69 Å². The van der Waals surface area contributed by atoms with Crippen molar-refractivity contribution in [2.24, 2.45) is 0 Å². The Morgan fingerprint density at radius 1 is 1.08 bits per heavy atom. The first kappa shape index (κ1) is 16.7. The van der Waals surface area contributed by atoms with E-state index in [1.165, 1.54) is 0 Å². The zero-order valence-corrected chi connectivity index (χ0v) is 14.1. The van der Waals surface area contributed by atoms with E-state index in [1.807, 2.05) is 32.0 Å². The van der Waals surface area contributed by atoms with Gasteiger partial charge in [0.1, 0.15) is 6.04 Å². The average Bonchev–Trinajstić information content (AvgIpc) is 2.68. The number of hydrogen-bond donors (Lipinski definition) is 3. The molecule has 0 unspecified atom stereocenters. The molecule has 2 aromatic carbocycles. The molecule has 3 amide bonds. The molecule has 6 nitrogen and oxygen atoms in total. The molecule has 0 bridgehead atoms. The van der Waals surface area contributed by atoms with Gasteiger partial charge >= 0.3 is 0 Å². The molecule has 6 heteroatoms. The quantitative estimate of drug-likeness (QED) is 0.803. The van der Waals surface area contributed by atoms with Crippen molar-refractivity contribution >= 4 is 29.1 Å². The zero-order valence-electron chi connectivity index (χ0n) is 14.1. The summed E-state index contributed by atoms with van der Waals surface area (Å²) in [6.45, 7) is 3.95. The van der Waals surface area contributed by atoms with E-state index in [2.05, 4.69) is 16.0 Å². The lowest BCUT2D eigenvalue weighted by Crippen LogP contribution is -2.43. The fraction of sp³-hybridized carbons (Fsp3) is 0.211. The van der Waals surface area contributed by atoms with Crippen LogP contribution >= 0.6 is 0 Å². The second-order valence-corrected chi connectivity index (χ2v) is 6.11. The third-order valence-electron chi connectivity index (χ3n) is 4.23. The summed E-state index contributed by atoms with van der Waals surface area (Å²) >= 11 is 0. The molecule has 0 aromatic heterocycles. The number of carbonyl (C=O) groups excluding carboxylic acids is 3. The van der Waals surface area contributed by atoms with Crippen molar-refractivity contribution in [3.05, 3.63) is 59.2 Å². The van der Waals surface area contributed by atoms with Gasteiger partial charge in [-0.2, -0.15) is 0 Å². The molecule has 0 aliphatic carbocycles. The summed E-state index contributed by atoms with van der Waals surface area (Å²) in [5.41, 5.74) is 3.69. The Bertz CT molecular complexity index is 861. The minimum Gasteiger partial charge on any atom is -0.340 e. The fourth-order valence-electron chi connectivity index (χ4n) is 2.67. The van der Waals surface area contributed by atoms with Gasteiger partial charge in [-0.1, -0.05) is 18.2 Å². The largest absolute Gasteiger partial charge is 0.340 e. The molecule has 0 fully saturated rings. The third kappa shape index (κ3) is 3.68. The van der Waals surface area contributed by atoms with Crippen LogP contribution in [-0.2, 0) is 9.59 Å². The molecule has 0 saturated heterocycles. The highest BCUT2D eigenvalue weighted by Crippen LogP contribution is 2.19. The number of rotatable bonds is 3. The van der Waals surface area contributed by atoms with Gasteiger partial charge in [-0.15, -0.1) is 0 Å². The zero-order chi connectivity index (χ0) is 18.0. The highest BCUT2D eigenvalue weighted by atomic mass is 16.2. The molecule has 1 aliphatic heterocycles. The number of amides is 3. The van der Waals surface area contributed by atoms with E-state index >= 15 is 0 Å². The van der Waals surface area contributed by atoms with Crippen LogP contribution in [-0.4, -0.2) is 23.8 Å². The predicted octanol–water partition coefficient (Wildman–Crippen LogP) is 2.38. The smallest absolute Gasteiger partial charge is 0.254 e. The van der Waals surface area contributed by atoms with Crippen LogP contribution < -0.4 is 16.0 Å². The summed E-state index contributed by atoms with van der Waals surface area (Å²) in [5, 5.41) is 8.06. The minimum absolute atomic E-state index is 0.140. The van der Waals surface area contributed by atoms with Crippen LogP contribution in [0.15, 0.2) is 42.5 Å². The van der Waals surface area contributed by atoms with E-state index in [0.717, 1.165) is 11.1 Å². The molecule has 1 atom stereocenters. The van der Waals surface area contributed by atoms with E-state index < -0.39 is 11.9 Å². The van der Waals surface area contributed by atoms with Gasteiger partial charge in [-0.3, -0.25) is 14.4 Å². The van der Waals surface area contributed by atoms with Crippen LogP contribution in [0, 0.1) is 13.8 Å². The van der Waals surface area contributed by atoms with Gasteiger partial charge in [0.2, 0.25) is 11.8 Å². The molecule has 0 spiro atoms. The van der Waals surface area contributed by atoms with Crippen LogP contribution in [0.25, 0.3) is 0 Å². The van der Waals surface area contributed by atoms with Crippen LogP contribution in [0.4, 0.5) is 11.4 Å². The number of anilines is 2. The topological polar surface area (TPSA) is 87.3 Å². The molecule has 3 N–H and O–H groups in total. The van der Waals surface area contributed by atoms with E-state index in [1.54, 1.807) is 24.3 Å². The summed E-state index contributed by atoms with van der Waals surface area (Å²) < 4.78 is 0. The Kier molecular flexibility index (Phi) is 4.52. The summed E-state index contributed by atoms with van der Waals surface area (Å²) in [6.07, 6.45) is -0.140. The predicted molar refractivity (Wildman–Crippen MR) is 95.5 cm³/mol.